The van der Waals surface area contributed by atoms with Crippen LogP contribution >= 0.6 is 12.4 Å². The highest BCUT2D eigenvalue weighted by Crippen LogP contribution is 2.11. The molecular formula is C14H29ClN4O2. The number of halogens is 1. The highest BCUT2D eigenvalue weighted by atomic mass is 35.5. The van der Waals surface area contributed by atoms with E-state index in [0.29, 0.717) is 18.5 Å². The molecule has 0 aliphatic carbocycles. The third kappa shape index (κ3) is 8.90. The molecule has 1 saturated heterocycles. The molecule has 7 heteroatoms. The number of nitrogens with zero attached hydrogens (tertiary/aromatic N) is 1. The molecule has 0 aromatic rings. The van der Waals surface area contributed by atoms with Crippen LogP contribution in [-0.2, 0) is 4.79 Å². The van der Waals surface area contributed by atoms with Crippen molar-refractivity contribution in [3.63, 3.8) is 0 Å². The number of nitrogens with one attached hydrogen (secondary N) is 3. The van der Waals surface area contributed by atoms with E-state index < -0.39 is 6.03 Å². The monoisotopic (exact) mass is 320 g/mol. The average molecular weight is 321 g/mol. The van der Waals surface area contributed by atoms with Crippen molar-refractivity contribution in [1.29, 1.82) is 0 Å². The lowest BCUT2D eigenvalue weighted by Crippen LogP contribution is -2.46. The van der Waals surface area contributed by atoms with Gasteiger partial charge in [-0.05, 0) is 45.3 Å². The molecule has 124 valence electrons. The van der Waals surface area contributed by atoms with Gasteiger partial charge in [-0.3, -0.25) is 15.0 Å². The number of hydrogen-bond donors (Lipinski definition) is 3. The Balaban J connectivity index is 0.00000400. The molecule has 3 amide bonds. The number of likely N-dealkylation sites (N-methyl/N-ethyl adjacent to an activating group) is 1. The molecule has 1 aliphatic heterocycles. The molecule has 0 spiro atoms. The van der Waals surface area contributed by atoms with Gasteiger partial charge in [-0.2, -0.15) is 0 Å². The molecule has 0 saturated carbocycles. The van der Waals surface area contributed by atoms with Crippen molar-refractivity contribution >= 4 is 24.3 Å². The van der Waals surface area contributed by atoms with E-state index in [-0.39, 0.29) is 24.9 Å². The maximum atomic E-state index is 11.8. The SMILES string of the molecule is CC(C)CNC(=O)NC(=O)CN(C)C1CCCNCC1.Cl. The minimum atomic E-state index is -0.403. The van der Waals surface area contributed by atoms with Gasteiger partial charge in [-0.1, -0.05) is 13.8 Å². The van der Waals surface area contributed by atoms with Crippen molar-refractivity contribution in [3.05, 3.63) is 0 Å². The number of amides is 3. The molecule has 0 radical (unpaired) electrons. The molecule has 1 atom stereocenters. The maximum absolute atomic E-state index is 11.8. The standard InChI is InChI=1S/C14H28N4O2.ClH/c1-11(2)9-16-14(20)17-13(19)10-18(3)12-5-4-7-15-8-6-12;/h11-12,15H,4-10H2,1-3H3,(H2,16,17,19,20);1H. The zero-order chi connectivity index (χ0) is 15.0. The molecule has 0 bridgehead atoms. The number of imide groups is 1. The normalized spacial score (nSPS) is 18.8. The van der Waals surface area contributed by atoms with Crippen molar-refractivity contribution in [2.45, 2.75) is 39.2 Å². The van der Waals surface area contributed by atoms with E-state index in [1.165, 1.54) is 0 Å². The van der Waals surface area contributed by atoms with Gasteiger partial charge in [0.2, 0.25) is 5.91 Å². The van der Waals surface area contributed by atoms with Gasteiger partial charge in [0.1, 0.15) is 0 Å². The number of hydrogen-bond acceptors (Lipinski definition) is 4. The maximum Gasteiger partial charge on any atom is 0.321 e. The van der Waals surface area contributed by atoms with E-state index in [1.807, 2.05) is 25.8 Å². The Hall–Kier alpha value is -0.850. The van der Waals surface area contributed by atoms with Crippen LogP contribution < -0.4 is 16.0 Å². The van der Waals surface area contributed by atoms with E-state index >= 15 is 0 Å². The Morgan fingerprint density at radius 1 is 1.29 bits per heavy atom. The third-order valence-electron chi connectivity index (χ3n) is 3.49. The van der Waals surface area contributed by atoms with Gasteiger partial charge < -0.3 is 10.6 Å². The first kappa shape index (κ1) is 20.1. The van der Waals surface area contributed by atoms with Crippen LogP contribution in [-0.4, -0.2) is 56.1 Å². The summed E-state index contributed by atoms with van der Waals surface area (Å²) in [6.07, 6.45) is 3.27. The smallest absolute Gasteiger partial charge is 0.321 e. The molecule has 1 rings (SSSR count). The van der Waals surface area contributed by atoms with Gasteiger partial charge in [0, 0.05) is 12.6 Å². The zero-order valence-corrected chi connectivity index (χ0v) is 14.1. The Kier molecular flexibility index (Phi) is 10.4. The van der Waals surface area contributed by atoms with E-state index in [9.17, 15) is 9.59 Å². The van der Waals surface area contributed by atoms with Crippen molar-refractivity contribution in [2.75, 3.05) is 33.2 Å². The molecule has 1 fully saturated rings. The second-order valence-electron chi connectivity index (χ2n) is 5.90. The average Bonchev–Trinajstić information content (AvgIpc) is 2.64. The minimum absolute atomic E-state index is 0. The first-order chi connectivity index (χ1) is 9.49. The molecular weight excluding hydrogens is 292 g/mol. The lowest BCUT2D eigenvalue weighted by Gasteiger charge is -2.26. The molecule has 3 N–H and O–H groups in total. The zero-order valence-electron chi connectivity index (χ0n) is 13.3. The fourth-order valence-corrected chi connectivity index (χ4v) is 2.30. The topological polar surface area (TPSA) is 73.5 Å². The van der Waals surface area contributed by atoms with Crippen LogP contribution in [0.1, 0.15) is 33.1 Å². The van der Waals surface area contributed by atoms with Crippen LogP contribution in [0.25, 0.3) is 0 Å². The number of carbonyl (C=O) groups is 2. The third-order valence-corrected chi connectivity index (χ3v) is 3.49. The number of urea groups is 1. The van der Waals surface area contributed by atoms with Crippen molar-refractivity contribution in [2.24, 2.45) is 5.92 Å². The summed E-state index contributed by atoms with van der Waals surface area (Å²) in [5, 5.41) is 8.40. The summed E-state index contributed by atoms with van der Waals surface area (Å²) in [4.78, 5) is 25.3. The van der Waals surface area contributed by atoms with Gasteiger partial charge in [0.15, 0.2) is 0 Å². The van der Waals surface area contributed by atoms with Crippen molar-refractivity contribution in [1.82, 2.24) is 20.9 Å². The van der Waals surface area contributed by atoms with Crippen LogP contribution in [0, 0.1) is 5.92 Å². The lowest BCUT2D eigenvalue weighted by atomic mass is 10.1. The summed E-state index contributed by atoms with van der Waals surface area (Å²) in [7, 11) is 1.95. The molecule has 6 nitrogen and oxygen atoms in total. The quantitative estimate of drug-likeness (QED) is 0.705. The van der Waals surface area contributed by atoms with Gasteiger partial charge in [-0.15, -0.1) is 12.4 Å². The lowest BCUT2D eigenvalue weighted by molar-refractivity contribution is -0.121. The molecule has 1 heterocycles. The summed E-state index contributed by atoms with van der Waals surface area (Å²) in [5.41, 5.74) is 0. The highest BCUT2D eigenvalue weighted by molar-refractivity contribution is 5.95. The first-order valence-electron chi connectivity index (χ1n) is 7.47. The van der Waals surface area contributed by atoms with E-state index in [2.05, 4.69) is 16.0 Å². The minimum Gasteiger partial charge on any atom is -0.338 e. The molecule has 1 unspecified atom stereocenters. The molecule has 1 aliphatic rings. The number of carbonyl (C=O) groups excluding carboxylic acids is 2. The van der Waals surface area contributed by atoms with E-state index in [4.69, 9.17) is 0 Å². The second kappa shape index (κ2) is 10.8. The Morgan fingerprint density at radius 2 is 2.00 bits per heavy atom. The van der Waals surface area contributed by atoms with Crippen LogP contribution in [0.15, 0.2) is 0 Å². The molecule has 21 heavy (non-hydrogen) atoms. The van der Waals surface area contributed by atoms with Crippen molar-refractivity contribution in [3.8, 4) is 0 Å². The fraction of sp³-hybridized carbons (Fsp3) is 0.857. The van der Waals surface area contributed by atoms with Crippen LogP contribution in [0.5, 0.6) is 0 Å². The summed E-state index contributed by atoms with van der Waals surface area (Å²) in [5.74, 6) is 0.128. The van der Waals surface area contributed by atoms with Gasteiger partial charge >= 0.3 is 6.03 Å². The predicted molar refractivity (Wildman–Crippen MR) is 86.8 cm³/mol. The Morgan fingerprint density at radius 3 is 2.67 bits per heavy atom. The van der Waals surface area contributed by atoms with E-state index in [1.54, 1.807) is 0 Å². The second-order valence-corrected chi connectivity index (χ2v) is 5.90. The van der Waals surface area contributed by atoms with Crippen molar-refractivity contribution < 1.29 is 9.59 Å². The summed E-state index contributed by atoms with van der Waals surface area (Å²) in [6, 6.07) is 0.00843. The largest absolute Gasteiger partial charge is 0.338 e. The Labute approximate surface area is 133 Å². The van der Waals surface area contributed by atoms with E-state index in [0.717, 1.165) is 32.4 Å². The van der Waals surface area contributed by atoms with Crippen LogP contribution in [0.4, 0.5) is 4.79 Å². The highest BCUT2D eigenvalue weighted by Gasteiger charge is 2.19. The Bertz CT molecular complexity index is 318. The molecule has 0 aromatic carbocycles. The van der Waals surface area contributed by atoms with Crippen LogP contribution in [0.3, 0.4) is 0 Å². The predicted octanol–water partition coefficient (Wildman–Crippen LogP) is 0.964. The van der Waals surface area contributed by atoms with Gasteiger partial charge in [-0.25, -0.2) is 4.79 Å². The molecule has 0 aromatic heterocycles. The number of rotatable bonds is 5. The summed E-state index contributed by atoms with van der Waals surface area (Å²) < 4.78 is 0. The van der Waals surface area contributed by atoms with Gasteiger partial charge in [0.25, 0.3) is 0 Å². The summed E-state index contributed by atoms with van der Waals surface area (Å²) in [6.45, 7) is 6.90. The van der Waals surface area contributed by atoms with Crippen LogP contribution in [0.2, 0.25) is 0 Å². The fourth-order valence-electron chi connectivity index (χ4n) is 2.30. The van der Waals surface area contributed by atoms with Gasteiger partial charge in [0.05, 0.1) is 6.54 Å². The summed E-state index contributed by atoms with van der Waals surface area (Å²) >= 11 is 0. The first-order valence-corrected chi connectivity index (χ1v) is 7.47.